The minimum atomic E-state index is -0.215. The fourth-order valence-corrected chi connectivity index (χ4v) is 2.89. The smallest absolute Gasteiger partial charge is 0.273 e. The first-order chi connectivity index (χ1) is 13.2. The van der Waals surface area contributed by atoms with Gasteiger partial charge in [-0.3, -0.25) is 9.89 Å². The average molecular weight is 353 g/mol. The molecule has 1 aromatic heterocycles. The van der Waals surface area contributed by atoms with Crippen LogP contribution in [0.4, 0.5) is 5.69 Å². The van der Waals surface area contributed by atoms with Crippen LogP contribution in [0.15, 0.2) is 84.9 Å². The van der Waals surface area contributed by atoms with Crippen LogP contribution in [0.3, 0.4) is 0 Å². The Hall–Kier alpha value is -3.66. The van der Waals surface area contributed by atoms with E-state index in [1.165, 1.54) is 5.56 Å². The number of nitrogens with zero attached hydrogens (tertiary/aromatic N) is 1. The van der Waals surface area contributed by atoms with E-state index in [1.807, 2.05) is 73.7 Å². The molecule has 0 aliphatic carbocycles. The molecule has 0 unspecified atom stereocenters. The number of rotatable bonds is 4. The molecule has 0 fully saturated rings. The lowest BCUT2D eigenvalue weighted by molar-refractivity contribution is 0.102. The number of aromatic nitrogens is 2. The van der Waals surface area contributed by atoms with Gasteiger partial charge in [-0.05, 0) is 36.2 Å². The number of hydrogen-bond donors (Lipinski definition) is 2. The van der Waals surface area contributed by atoms with Gasteiger partial charge in [0.15, 0.2) is 0 Å². The molecule has 0 atom stereocenters. The maximum atomic E-state index is 12.5. The molecular weight excluding hydrogens is 334 g/mol. The summed E-state index contributed by atoms with van der Waals surface area (Å²) in [5.41, 5.74) is 6.33. The van der Waals surface area contributed by atoms with Gasteiger partial charge in [-0.2, -0.15) is 5.10 Å². The molecule has 4 rings (SSSR count). The van der Waals surface area contributed by atoms with Crippen molar-refractivity contribution < 1.29 is 4.79 Å². The quantitative estimate of drug-likeness (QED) is 0.523. The summed E-state index contributed by atoms with van der Waals surface area (Å²) in [6, 6.07) is 27.7. The molecule has 0 aliphatic heterocycles. The number of amides is 1. The second-order valence-corrected chi connectivity index (χ2v) is 6.43. The second kappa shape index (κ2) is 7.30. The van der Waals surface area contributed by atoms with E-state index in [2.05, 4.69) is 27.6 Å². The van der Waals surface area contributed by atoms with E-state index < -0.39 is 0 Å². The summed E-state index contributed by atoms with van der Waals surface area (Å²) >= 11 is 0. The van der Waals surface area contributed by atoms with Crippen molar-refractivity contribution in [3.05, 3.63) is 96.2 Å². The minimum Gasteiger partial charge on any atom is -0.321 e. The first-order valence-electron chi connectivity index (χ1n) is 8.78. The van der Waals surface area contributed by atoms with E-state index in [-0.39, 0.29) is 5.91 Å². The van der Waals surface area contributed by atoms with Crippen LogP contribution in [0.25, 0.3) is 22.4 Å². The summed E-state index contributed by atoms with van der Waals surface area (Å²) in [5, 5.41) is 9.96. The molecule has 4 nitrogen and oxygen atoms in total. The van der Waals surface area contributed by atoms with Gasteiger partial charge in [0.1, 0.15) is 5.69 Å². The van der Waals surface area contributed by atoms with Gasteiger partial charge in [0.05, 0.1) is 5.69 Å². The third kappa shape index (κ3) is 3.80. The van der Waals surface area contributed by atoms with Gasteiger partial charge in [0.2, 0.25) is 0 Å². The lowest BCUT2D eigenvalue weighted by Gasteiger charge is -2.06. The van der Waals surface area contributed by atoms with Crippen molar-refractivity contribution in [2.24, 2.45) is 0 Å². The monoisotopic (exact) mass is 353 g/mol. The van der Waals surface area contributed by atoms with Crippen molar-refractivity contribution in [2.45, 2.75) is 6.92 Å². The number of carbonyl (C=O) groups is 1. The number of benzene rings is 3. The number of hydrogen-bond acceptors (Lipinski definition) is 2. The molecule has 1 heterocycles. The predicted octanol–water partition coefficient (Wildman–Crippen LogP) is 5.30. The van der Waals surface area contributed by atoms with E-state index in [0.29, 0.717) is 5.69 Å². The van der Waals surface area contributed by atoms with E-state index in [4.69, 9.17) is 0 Å². The molecule has 4 heteroatoms. The molecular formula is C23H19N3O. The Labute approximate surface area is 157 Å². The Morgan fingerprint density at radius 1 is 0.815 bits per heavy atom. The maximum Gasteiger partial charge on any atom is 0.273 e. The number of aromatic amines is 1. The van der Waals surface area contributed by atoms with Crippen molar-refractivity contribution in [1.29, 1.82) is 0 Å². The van der Waals surface area contributed by atoms with Gasteiger partial charge in [0.25, 0.3) is 5.91 Å². The number of carbonyl (C=O) groups excluding carboxylic acids is 1. The van der Waals surface area contributed by atoms with Crippen LogP contribution in [0.1, 0.15) is 16.1 Å². The van der Waals surface area contributed by atoms with Crippen molar-refractivity contribution in [2.75, 3.05) is 5.32 Å². The van der Waals surface area contributed by atoms with Crippen LogP contribution in [-0.2, 0) is 0 Å². The summed E-state index contributed by atoms with van der Waals surface area (Å²) in [7, 11) is 0. The van der Waals surface area contributed by atoms with Crippen LogP contribution in [0.2, 0.25) is 0 Å². The summed E-state index contributed by atoms with van der Waals surface area (Å²) in [5.74, 6) is -0.215. The van der Waals surface area contributed by atoms with E-state index in [1.54, 1.807) is 6.07 Å². The normalized spacial score (nSPS) is 10.6. The Kier molecular flexibility index (Phi) is 4.54. The van der Waals surface area contributed by atoms with Crippen molar-refractivity contribution in [3.8, 4) is 22.4 Å². The summed E-state index contributed by atoms with van der Waals surface area (Å²) < 4.78 is 0. The topological polar surface area (TPSA) is 57.8 Å². The van der Waals surface area contributed by atoms with Gasteiger partial charge < -0.3 is 5.32 Å². The number of anilines is 1. The van der Waals surface area contributed by atoms with Gasteiger partial charge in [-0.25, -0.2) is 0 Å². The van der Waals surface area contributed by atoms with Crippen LogP contribution in [0, 0.1) is 6.92 Å². The maximum absolute atomic E-state index is 12.5. The van der Waals surface area contributed by atoms with Crippen molar-refractivity contribution >= 4 is 11.6 Å². The highest BCUT2D eigenvalue weighted by Gasteiger charge is 2.11. The molecule has 4 aromatic rings. The highest BCUT2D eigenvalue weighted by atomic mass is 16.1. The molecule has 2 N–H and O–H groups in total. The minimum absolute atomic E-state index is 0.215. The van der Waals surface area contributed by atoms with Crippen molar-refractivity contribution in [3.63, 3.8) is 0 Å². The molecule has 0 radical (unpaired) electrons. The first kappa shape index (κ1) is 16.8. The Balaban J connectivity index is 1.47. The van der Waals surface area contributed by atoms with Crippen LogP contribution >= 0.6 is 0 Å². The fraction of sp³-hybridized carbons (Fsp3) is 0.0435. The van der Waals surface area contributed by atoms with Gasteiger partial charge in [-0.15, -0.1) is 0 Å². The first-order valence-corrected chi connectivity index (χ1v) is 8.78. The lowest BCUT2D eigenvalue weighted by atomic mass is 10.1. The molecule has 27 heavy (non-hydrogen) atoms. The standard InChI is InChI=1S/C23H19N3O/c1-16-7-9-19(10-8-16)21-15-22(26-25-21)23(27)24-20-13-11-18(12-14-20)17-5-3-2-4-6-17/h2-15H,1H3,(H,24,27)(H,25,26). The van der Waals surface area contributed by atoms with Crippen molar-refractivity contribution in [1.82, 2.24) is 10.2 Å². The molecule has 0 aliphatic rings. The predicted molar refractivity (Wildman–Crippen MR) is 109 cm³/mol. The molecule has 0 spiro atoms. The summed E-state index contributed by atoms with van der Waals surface area (Å²) in [4.78, 5) is 12.5. The largest absolute Gasteiger partial charge is 0.321 e. The molecule has 0 bridgehead atoms. The lowest BCUT2D eigenvalue weighted by Crippen LogP contribution is -2.12. The average Bonchev–Trinajstić information content (AvgIpc) is 3.20. The second-order valence-electron chi connectivity index (χ2n) is 6.43. The Morgan fingerprint density at radius 2 is 1.44 bits per heavy atom. The fourth-order valence-electron chi connectivity index (χ4n) is 2.89. The highest BCUT2D eigenvalue weighted by Crippen LogP contribution is 2.22. The Bertz CT molecular complexity index is 1050. The summed E-state index contributed by atoms with van der Waals surface area (Å²) in [6.45, 7) is 2.04. The van der Waals surface area contributed by atoms with Gasteiger partial charge >= 0.3 is 0 Å². The molecule has 1 amide bonds. The van der Waals surface area contributed by atoms with E-state index in [9.17, 15) is 4.79 Å². The van der Waals surface area contributed by atoms with Gasteiger partial charge in [0, 0.05) is 11.3 Å². The number of aryl methyl sites for hydroxylation is 1. The third-order valence-electron chi connectivity index (χ3n) is 4.42. The van der Waals surface area contributed by atoms with Crippen LogP contribution < -0.4 is 5.32 Å². The highest BCUT2D eigenvalue weighted by molar-refractivity contribution is 6.03. The van der Waals surface area contributed by atoms with E-state index in [0.717, 1.165) is 28.1 Å². The van der Waals surface area contributed by atoms with E-state index >= 15 is 0 Å². The molecule has 3 aromatic carbocycles. The number of H-pyrrole nitrogens is 1. The molecule has 132 valence electrons. The zero-order chi connectivity index (χ0) is 18.6. The van der Waals surface area contributed by atoms with Gasteiger partial charge in [-0.1, -0.05) is 72.3 Å². The zero-order valence-corrected chi connectivity index (χ0v) is 14.9. The third-order valence-corrected chi connectivity index (χ3v) is 4.42. The SMILES string of the molecule is Cc1ccc(-c2cc(C(=O)Nc3ccc(-c4ccccc4)cc3)[nH]n2)cc1. The van der Waals surface area contributed by atoms with Crippen LogP contribution in [-0.4, -0.2) is 16.1 Å². The Morgan fingerprint density at radius 3 is 2.15 bits per heavy atom. The molecule has 0 saturated heterocycles. The number of nitrogens with one attached hydrogen (secondary N) is 2. The van der Waals surface area contributed by atoms with Crippen LogP contribution in [0.5, 0.6) is 0 Å². The zero-order valence-electron chi connectivity index (χ0n) is 14.9. The molecule has 0 saturated carbocycles. The summed E-state index contributed by atoms with van der Waals surface area (Å²) in [6.07, 6.45) is 0.